The van der Waals surface area contributed by atoms with Gasteiger partial charge < -0.3 is 4.74 Å². The van der Waals surface area contributed by atoms with Crippen LogP contribution in [0.1, 0.15) is 23.3 Å². The van der Waals surface area contributed by atoms with Gasteiger partial charge in [0.25, 0.3) is 0 Å². The highest BCUT2D eigenvalue weighted by molar-refractivity contribution is 14.1. The van der Waals surface area contributed by atoms with Gasteiger partial charge in [-0.1, -0.05) is 34.7 Å². The van der Waals surface area contributed by atoms with Crippen LogP contribution in [0.2, 0.25) is 0 Å². The van der Waals surface area contributed by atoms with Crippen LogP contribution in [0.15, 0.2) is 30.4 Å². The molecule has 0 radical (unpaired) electrons. The van der Waals surface area contributed by atoms with Gasteiger partial charge in [0.05, 0.1) is 6.61 Å². The Morgan fingerprint density at radius 1 is 1.21 bits per heavy atom. The molecule has 0 saturated carbocycles. The van der Waals surface area contributed by atoms with Crippen LogP contribution >= 0.6 is 33.9 Å². The van der Waals surface area contributed by atoms with Crippen LogP contribution in [0.5, 0.6) is 5.75 Å². The van der Waals surface area contributed by atoms with Crippen molar-refractivity contribution < 1.29 is 13.5 Å². The summed E-state index contributed by atoms with van der Waals surface area (Å²) in [4.78, 5) is 2.11. The molecule has 0 spiro atoms. The normalized spacial score (nSPS) is 22.1. The Hall–Kier alpha value is -0.950. The number of halogens is 3. The highest BCUT2D eigenvalue weighted by Crippen LogP contribution is 2.40. The second kappa shape index (κ2) is 6.75. The second-order valence-electron chi connectivity index (χ2n) is 6.38. The molecule has 2 aliphatic rings. The van der Waals surface area contributed by atoms with E-state index in [1.54, 1.807) is 23.5 Å². The molecular formula is C19H17F2IOS. The largest absolute Gasteiger partial charge is 0.490 e. The highest BCUT2D eigenvalue weighted by Gasteiger charge is 2.24. The first-order chi connectivity index (χ1) is 11.6. The Kier molecular flexibility index (Phi) is 4.64. The maximum absolute atomic E-state index is 14.5. The molecule has 2 aromatic rings. The van der Waals surface area contributed by atoms with Crippen molar-refractivity contribution in [1.29, 1.82) is 0 Å². The molecule has 1 aromatic heterocycles. The van der Waals surface area contributed by atoms with Crippen molar-refractivity contribution >= 4 is 33.9 Å². The summed E-state index contributed by atoms with van der Waals surface area (Å²) in [7, 11) is 0. The molecule has 0 aliphatic heterocycles. The van der Waals surface area contributed by atoms with E-state index in [1.807, 2.05) is 6.07 Å². The van der Waals surface area contributed by atoms with Crippen LogP contribution in [0.4, 0.5) is 8.78 Å². The highest BCUT2D eigenvalue weighted by atomic mass is 127. The van der Waals surface area contributed by atoms with Gasteiger partial charge in [0.15, 0.2) is 11.6 Å². The zero-order valence-electron chi connectivity index (χ0n) is 13.0. The van der Waals surface area contributed by atoms with Crippen molar-refractivity contribution in [1.82, 2.24) is 0 Å². The number of ether oxygens (including phenoxy) is 1. The molecule has 0 N–H and O–H groups in total. The Balaban J connectivity index is 1.55. The monoisotopic (exact) mass is 458 g/mol. The van der Waals surface area contributed by atoms with E-state index in [-0.39, 0.29) is 5.75 Å². The molecule has 2 unspecified atom stereocenters. The van der Waals surface area contributed by atoms with Gasteiger partial charge in [0.2, 0.25) is 5.82 Å². The van der Waals surface area contributed by atoms with Crippen molar-refractivity contribution in [2.24, 2.45) is 5.92 Å². The standard InChI is InChI=1S/C19H17F2IOS/c20-18-14(17-8-12-7-13(22)9-16(12)24-17)5-6-15(19(18)21)23-10-11-3-1-2-4-11/h1,3,5-6,8,11,13H,2,4,7,9-10H2. The molecule has 0 amide bonds. The second-order valence-corrected chi connectivity index (χ2v) is 9.28. The Morgan fingerprint density at radius 3 is 2.83 bits per heavy atom. The van der Waals surface area contributed by atoms with Gasteiger partial charge in [0.1, 0.15) is 0 Å². The lowest BCUT2D eigenvalue weighted by atomic mass is 10.1. The number of rotatable bonds is 4. The van der Waals surface area contributed by atoms with Crippen molar-refractivity contribution in [2.75, 3.05) is 6.61 Å². The lowest BCUT2D eigenvalue weighted by molar-refractivity contribution is 0.258. The molecule has 1 nitrogen and oxygen atoms in total. The van der Waals surface area contributed by atoms with E-state index < -0.39 is 11.6 Å². The average molecular weight is 458 g/mol. The lowest BCUT2D eigenvalue weighted by Crippen LogP contribution is -2.09. The van der Waals surface area contributed by atoms with Gasteiger partial charge in [-0.05, 0) is 49.4 Å². The van der Waals surface area contributed by atoms with Gasteiger partial charge in [0, 0.05) is 25.2 Å². The van der Waals surface area contributed by atoms with E-state index in [1.165, 1.54) is 10.4 Å². The number of hydrogen-bond donors (Lipinski definition) is 0. The van der Waals surface area contributed by atoms with E-state index in [2.05, 4.69) is 34.7 Å². The molecule has 4 rings (SSSR count). The maximum Gasteiger partial charge on any atom is 0.201 e. The fraction of sp³-hybridized carbons (Fsp3) is 0.368. The Bertz CT molecular complexity index is 775. The summed E-state index contributed by atoms with van der Waals surface area (Å²) < 4.78 is 35.0. The van der Waals surface area contributed by atoms with Crippen LogP contribution in [0.25, 0.3) is 10.4 Å². The molecule has 0 bridgehead atoms. The van der Waals surface area contributed by atoms with Crippen molar-refractivity contribution in [3.05, 3.63) is 52.4 Å². The molecule has 1 aromatic carbocycles. The van der Waals surface area contributed by atoms with E-state index in [9.17, 15) is 8.78 Å². The van der Waals surface area contributed by atoms with E-state index in [4.69, 9.17) is 4.74 Å². The Labute approximate surface area is 157 Å². The molecule has 0 saturated heterocycles. The minimum atomic E-state index is -0.880. The van der Waals surface area contributed by atoms with Crippen LogP contribution < -0.4 is 4.74 Å². The lowest BCUT2D eigenvalue weighted by Gasteiger charge is -2.12. The third kappa shape index (κ3) is 3.12. The molecule has 126 valence electrons. The zero-order chi connectivity index (χ0) is 16.7. The first kappa shape index (κ1) is 16.5. The molecule has 24 heavy (non-hydrogen) atoms. The van der Waals surface area contributed by atoms with Crippen LogP contribution in [-0.4, -0.2) is 10.5 Å². The molecule has 5 heteroatoms. The first-order valence-corrected chi connectivity index (χ1v) is 10.2. The summed E-state index contributed by atoms with van der Waals surface area (Å²) in [6, 6.07) is 5.21. The van der Waals surface area contributed by atoms with Crippen LogP contribution in [-0.2, 0) is 12.8 Å². The topological polar surface area (TPSA) is 9.23 Å². The summed E-state index contributed by atoms with van der Waals surface area (Å²) in [5, 5.41) is 0. The van der Waals surface area contributed by atoms with Crippen molar-refractivity contribution in [3.8, 4) is 16.2 Å². The van der Waals surface area contributed by atoms with Gasteiger partial charge in [-0.25, -0.2) is 4.39 Å². The van der Waals surface area contributed by atoms with E-state index in [0.29, 0.717) is 22.0 Å². The summed E-state index contributed by atoms with van der Waals surface area (Å²) >= 11 is 4.02. The summed E-state index contributed by atoms with van der Waals surface area (Å²) in [5.41, 5.74) is 1.62. The predicted molar refractivity (Wildman–Crippen MR) is 102 cm³/mol. The minimum Gasteiger partial charge on any atom is -0.490 e. The van der Waals surface area contributed by atoms with Gasteiger partial charge in [-0.2, -0.15) is 4.39 Å². The first-order valence-electron chi connectivity index (χ1n) is 8.15. The number of allylic oxidation sites excluding steroid dienone is 1. The number of alkyl halides is 1. The molecular weight excluding hydrogens is 441 g/mol. The van der Waals surface area contributed by atoms with Crippen molar-refractivity contribution in [3.63, 3.8) is 0 Å². The van der Waals surface area contributed by atoms with Gasteiger partial charge in [-0.3, -0.25) is 0 Å². The summed E-state index contributed by atoms with van der Waals surface area (Å²) in [6.07, 6.45) is 8.28. The zero-order valence-corrected chi connectivity index (χ0v) is 16.0. The Morgan fingerprint density at radius 2 is 2.08 bits per heavy atom. The van der Waals surface area contributed by atoms with E-state index >= 15 is 0 Å². The number of thiophene rings is 1. The SMILES string of the molecule is Fc1c(OCC2C=CCC2)ccc(-c2cc3c(s2)CC(I)C3)c1F. The van der Waals surface area contributed by atoms with Crippen LogP contribution in [0, 0.1) is 17.6 Å². The average Bonchev–Trinajstić information content (AvgIpc) is 3.25. The summed E-state index contributed by atoms with van der Waals surface area (Å²) in [6.45, 7) is 0.399. The molecule has 0 fully saturated rings. The van der Waals surface area contributed by atoms with Gasteiger partial charge >= 0.3 is 0 Å². The third-order valence-corrected chi connectivity index (χ3v) is 6.74. The van der Waals surface area contributed by atoms with Crippen LogP contribution in [0.3, 0.4) is 0 Å². The fourth-order valence-electron chi connectivity index (χ4n) is 3.32. The molecule has 2 atom stereocenters. The maximum atomic E-state index is 14.5. The van der Waals surface area contributed by atoms with Gasteiger partial charge in [-0.15, -0.1) is 11.3 Å². The number of hydrogen-bond acceptors (Lipinski definition) is 2. The molecule has 1 heterocycles. The third-order valence-electron chi connectivity index (χ3n) is 4.62. The minimum absolute atomic E-state index is 0.00738. The summed E-state index contributed by atoms with van der Waals surface area (Å²) in [5.74, 6) is -1.38. The smallest absolute Gasteiger partial charge is 0.201 e. The molecule has 2 aliphatic carbocycles. The fourth-order valence-corrected chi connectivity index (χ4v) is 5.83. The van der Waals surface area contributed by atoms with E-state index in [0.717, 1.165) is 30.6 Å². The predicted octanol–water partition coefficient (Wildman–Crippen LogP) is 5.94. The quantitative estimate of drug-likeness (QED) is 0.313. The van der Waals surface area contributed by atoms with Crippen molar-refractivity contribution in [2.45, 2.75) is 29.6 Å². The number of benzene rings is 1. The number of fused-ring (bicyclic) bond motifs is 1.